The van der Waals surface area contributed by atoms with Gasteiger partial charge < -0.3 is 9.73 Å². The molecule has 2 heterocycles. The van der Waals surface area contributed by atoms with Crippen molar-refractivity contribution in [3.63, 3.8) is 0 Å². The summed E-state index contributed by atoms with van der Waals surface area (Å²) in [6.07, 6.45) is 2.06. The molecular formula is C19H23N3O. The van der Waals surface area contributed by atoms with Crippen molar-refractivity contribution in [2.75, 3.05) is 0 Å². The van der Waals surface area contributed by atoms with Crippen molar-refractivity contribution in [3.05, 3.63) is 65.2 Å². The maximum atomic E-state index is 5.95. The van der Waals surface area contributed by atoms with Gasteiger partial charge in [0.1, 0.15) is 11.5 Å². The standard InChI is InChI=1S/C19H23N3O/c1-13-5-7-16(8-6-13)19-10-9-17(23-19)11-20-14(2)18-12-22(4)21-15(18)3/h5-10,12,14,20H,11H2,1-4H3. The fraction of sp³-hybridized carbons (Fsp3) is 0.316. The molecule has 0 bridgehead atoms. The van der Waals surface area contributed by atoms with Gasteiger partial charge in [-0.2, -0.15) is 5.10 Å². The van der Waals surface area contributed by atoms with Crippen LogP contribution in [0.3, 0.4) is 0 Å². The van der Waals surface area contributed by atoms with Gasteiger partial charge in [0, 0.05) is 30.4 Å². The summed E-state index contributed by atoms with van der Waals surface area (Å²) in [6, 6.07) is 12.7. The van der Waals surface area contributed by atoms with E-state index in [-0.39, 0.29) is 6.04 Å². The summed E-state index contributed by atoms with van der Waals surface area (Å²) in [7, 11) is 1.95. The lowest BCUT2D eigenvalue weighted by molar-refractivity contribution is 0.467. The maximum absolute atomic E-state index is 5.95. The van der Waals surface area contributed by atoms with E-state index in [1.54, 1.807) is 0 Å². The summed E-state index contributed by atoms with van der Waals surface area (Å²) in [5.41, 5.74) is 4.64. The monoisotopic (exact) mass is 309 g/mol. The van der Waals surface area contributed by atoms with E-state index in [1.165, 1.54) is 11.1 Å². The Morgan fingerprint density at radius 1 is 1.13 bits per heavy atom. The first-order valence-corrected chi connectivity index (χ1v) is 7.92. The third kappa shape index (κ3) is 3.54. The van der Waals surface area contributed by atoms with E-state index in [2.05, 4.69) is 54.7 Å². The van der Waals surface area contributed by atoms with E-state index in [0.717, 1.165) is 22.8 Å². The number of hydrogen-bond donors (Lipinski definition) is 1. The van der Waals surface area contributed by atoms with Crippen LogP contribution in [-0.2, 0) is 13.6 Å². The van der Waals surface area contributed by atoms with E-state index >= 15 is 0 Å². The van der Waals surface area contributed by atoms with Crippen molar-refractivity contribution in [2.45, 2.75) is 33.4 Å². The number of hydrogen-bond acceptors (Lipinski definition) is 3. The van der Waals surface area contributed by atoms with E-state index in [4.69, 9.17) is 4.42 Å². The van der Waals surface area contributed by atoms with E-state index in [0.29, 0.717) is 6.54 Å². The minimum atomic E-state index is 0.233. The lowest BCUT2D eigenvalue weighted by Crippen LogP contribution is -2.18. The smallest absolute Gasteiger partial charge is 0.134 e. The molecular weight excluding hydrogens is 286 g/mol. The third-order valence-electron chi connectivity index (χ3n) is 4.10. The fourth-order valence-corrected chi connectivity index (χ4v) is 2.75. The van der Waals surface area contributed by atoms with Crippen LogP contribution in [0.1, 0.15) is 35.5 Å². The quantitative estimate of drug-likeness (QED) is 0.770. The van der Waals surface area contributed by atoms with Gasteiger partial charge in [-0.3, -0.25) is 4.68 Å². The summed E-state index contributed by atoms with van der Waals surface area (Å²) in [5, 5.41) is 7.89. The van der Waals surface area contributed by atoms with Crippen molar-refractivity contribution < 1.29 is 4.42 Å². The van der Waals surface area contributed by atoms with Crippen LogP contribution in [0, 0.1) is 13.8 Å². The SMILES string of the molecule is Cc1ccc(-c2ccc(CNC(C)c3cn(C)nc3C)o2)cc1. The van der Waals surface area contributed by atoms with Gasteiger partial charge in [0.05, 0.1) is 12.2 Å². The average Bonchev–Trinajstić information content (AvgIpc) is 3.12. The Bertz CT molecular complexity index is 783. The van der Waals surface area contributed by atoms with Crippen LogP contribution in [-0.4, -0.2) is 9.78 Å². The van der Waals surface area contributed by atoms with E-state index < -0.39 is 0 Å². The molecule has 1 atom stereocenters. The minimum Gasteiger partial charge on any atom is -0.460 e. The Morgan fingerprint density at radius 3 is 2.52 bits per heavy atom. The molecule has 4 nitrogen and oxygen atoms in total. The zero-order valence-corrected chi connectivity index (χ0v) is 14.1. The predicted octanol–water partition coefficient (Wildman–Crippen LogP) is 4.15. The van der Waals surface area contributed by atoms with Gasteiger partial charge in [0.15, 0.2) is 0 Å². The Hall–Kier alpha value is -2.33. The molecule has 2 aromatic heterocycles. The summed E-state index contributed by atoms with van der Waals surface area (Å²) in [6.45, 7) is 6.97. The second kappa shape index (κ2) is 6.42. The van der Waals surface area contributed by atoms with Crippen LogP contribution in [0.4, 0.5) is 0 Å². The Morgan fingerprint density at radius 2 is 1.87 bits per heavy atom. The summed E-state index contributed by atoms with van der Waals surface area (Å²) >= 11 is 0. The lowest BCUT2D eigenvalue weighted by Gasteiger charge is -2.11. The molecule has 120 valence electrons. The zero-order chi connectivity index (χ0) is 16.4. The largest absolute Gasteiger partial charge is 0.460 e. The second-order valence-corrected chi connectivity index (χ2v) is 6.08. The van der Waals surface area contributed by atoms with E-state index in [9.17, 15) is 0 Å². The number of aromatic nitrogens is 2. The zero-order valence-electron chi connectivity index (χ0n) is 14.1. The first kappa shape index (κ1) is 15.6. The highest BCUT2D eigenvalue weighted by atomic mass is 16.3. The molecule has 0 spiro atoms. The van der Waals surface area contributed by atoms with Gasteiger partial charge in [-0.15, -0.1) is 0 Å². The molecule has 0 radical (unpaired) electrons. The molecule has 0 aliphatic carbocycles. The molecule has 0 saturated heterocycles. The Labute approximate surface area is 137 Å². The number of benzene rings is 1. The number of furan rings is 1. The molecule has 0 fully saturated rings. The van der Waals surface area contributed by atoms with Crippen LogP contribution in [0.5, 0.6) is 0 Å². The highest BCUT2D eigenvalue weighted by Crippen LogP contribution is 2.23. The van der Waals surface area contributed by atoms with Gasteiger partial charge in [0.2, 0.25) is 0 Å². The number of rotatable bonds is 5. The summed E-state index contributed by atoms with van der Waals surface area (Å²) < 4.78 is 7.80. The number of aryl methyl sites for hydroxylation is 3. The normalized spacial score (nSPS) is 12.5. The first-order chi connectivity index (χ1) is 11.0. The molecule has 1 aromatic carbocycles. The molecule has 0 aliphatic heterocycles. The molecule has 3 aromatic rings. The number of nitrogens with one attached hydrogen (secondary N) is 1. The topological polar surface area (TPSA) is 43.0 Å². The van der Waals surface area contributed by atoms with Crippen LogP contribution in [0.15, 0.2) is 47.0 Å². The average molecular weight is 309 g/mol. The molecule has 1 N–H and O–H groups in total. The summed E-state index contributed by atoms with van der Waals surface area (Å²) in [4.78, 5) is 0. The Balaban J connectivity index is 1.65. The highest BCUT2D eigenvalue weighted by Gasteiger charge is 2.12. The van der Waals surface area contributed by atoms with Crippen molar-refractivity contribution in [3.8, 4) is 11.3 Å². The summed E-state index contributed by atoms with van der Waals surface area (Å²) in [5.74, 6) is 1.85. The van der Waals surface area contributed by atoms with Crippen LogP contribution in [0.2, 0.25) is 0 Å². The van der Waals surface area contributed by atoms with Crippen LogP contribution in [0.25, 0.3) is 11.3 Å². The molecule has 1 unspecified atom stereocenters. The highest BCUT2D eigenvalue weighted by molar-refractivity contribution is 5.57. The fourth-order valence-electron chi connectivity index (χ4n) is 2.75. The molecule has 0 saturated carbocycles. The van der Waals surface area contributed by atoms with Gasteiger partial charge in [-0.05, 0) is 32.9 Å². The molecule has 3 rings (SSSR count). The maximum Gasteiger partial charge on any atom is 0.134 e. The first-order valence-electron chi connectivity index (χ1n) is 7.92. The van der Waals surface area contributed by atoms with E-state index in [1.807, 2.05) is 30.8 Å². The molecule has 23 heavy (non-hydrogen) atoms. The van der Waals surface area contributed by atoms with Crippen molar-refractivity contribution in [2.24, 2.45) is 7.05 Å². The van der Waals surface area contributed by atoms with Crippen LogP contribution < -0.4 is 5.32 Å². The molecule has 0 amide bonds. The van der Waals surface area contributed by atoms with Crippen molar-refractivity contribution in [1.82, 2.24) is 15.1 Å². The van der Waals surface area contributed by atoms with Crippen molar-refractivity contribution in [1.29, 1.82) is 0 Å². The van der Waals surface area contributed by atoms with Gasteiger partial charge >= 0.3 is 0 Å². The third-order valence-corrected chi connectivity index (χ3v) is 4.10. The predicted molar refractivity (Wildman–Crippen MR) is 92.1 cm³/mol. The van der Waals surface area contributed by atoms with Gasteiger partial charge in [-0.25, -0.2) is 0 Å². The molecule has 4 heteroatoms. The van der Waals surface area contributed by atoms with Crippen LogP contribution >= 0.6 is 0 Å². The van der Waals surface area contributed by atoms with Gasteiger partial charge in [0.25, 0.3) is 0 Å². The van der Waals surface area contributed by atoms with Crippen molar-refractivity contribution >= 4 is 0 Å². The van der Waals surface area contributed by atoms with Gasteiger partial charge in [-0.1, -0.05) is 29.8 Å². The minimum absolute atomic E-state index is 0.233. The molecule has 0 aliphatic rings. The number of nitrogens with zero attached hydrogens (tertiary/aromatic N) is 2. The second-order valence-electron chi connectivity index (χ2n) is 6.08. The lowest BCUT2D eigenvalue weighted by atomic mass is 10.1. The Kier molecular flexibility index (Phi) is 4.35.